The topological polar surface area (TPSA) is 63.4 Å². The van der Waals surface area contributed by atoms with Crippen LogP contribution in [0.4, 0.5) is 0 Å². The monoisotopic (exact) mass is 324 g/mol. The zero-order valence-electron chi connectivity index (χ0n) is 13.2. The van der Waals surface area contributed by atoms with E-state index in [-0.39, 0.29) is 30.1 Å². The maximum atomic E-state index is 12.5. The first-order valence-corrected chi connectivity index (χ1v) is 7.71. The van der Waals surface area contributed by atoms with Gasteiger partial charge < -0.3 is 10.6 Å². The van der Waals surface area contributed by atoms with Gasteiger partial charge in [-0.05, 0) is 37.8 Å². The van der Waals surface area contributed by atoms with E-state index in [1.165, 1.54) is 0 Å². The molecule has 122 valence electrons. The van der Waals surface area contributed by atoms with Gasteiger partial charge in [-0.2, -0.15) is 0 Å². The predicted molar refractivity (Wildman–Crippen MR) is 90.6 cm³/mol. The van der Waals surface area contributed by atoms with E-state index in [2.05, 4.69) is 0 Å². The van der Waals surface area contributed by atoms with Crippen LogP contribution in [0.1, 0.15) is 53.8 Å². The van der Waals surface area contributed by atoms with Crippen molar-refractivity contribution in [3.05, 3.63) is 35.4 Å². The Morgan fingerprint density at radius 3 is 2.41 bits per heavy atom. The summed E-state index contributed by atoms with van der Waals surface area (Å²) < 4.78 is 0. The summed E-state index contributed by atoms with van der Waals surface area (Å²) in [7, 11) is 0. The number of nitrogens with zero attached hydrogens (tertiary/aromatic N) is 1. The molecule has 5 heteroatoms. The molecule has 0 aromatic heterocycles. The molecule has 1 fully saturated rings. The normalized spacial score (nSPS) is 19.2. The molecule has 0 bridgehead atoms. The highest BCUT2D eigenvalue weighted by molar-refractivity contribution is 5.98. The third-order valence-corrected chi connectivity index (χ3v) is 4.26. The number of nitrogens with two attached hydrogens (primary N) is 1. The third-order valence-electron chi connectivity index (χ3n) is 4.26. The Labute approximate surface area is 138 Å². The minimum absolute atomic E-state index is 0. The molecule has 1 aliphatic heterocycles. The van der Waals surface area contributed by atoms with Crippen LogP contribution >= 0.6 is 12.4 Å². The van der Waals surface area contributed by atoms with Crippen molar-refractivity contribution in [3.63, 3.8) is 0 Å². The van der Waals surface area contributed by atoms with Gasteiger partial charge in [0.25, 0.3) is 5.91 Å². The van der Waals surface area contributed by atoms with E-state index >= 15 is 0 Å². The maximum Gasteiger partial charge on any atom is 0.253 e. The van der Waals surface area contributed by atoms with Gasteiger partial charge in [0.05, 0.1) is 0 Å². The Bertz CT molecular complexity index is 514. The number of amides is 1. The standard InChI is InChI=1S/C17H24N2O2.ClH/c1-3-16(20)13-6-8-14(9-7-13)17(21)19-10-4-5-15(11-19)12(2)18;/h6-9,12,15H,3-5,10-11,18H2,1-2H3;1H. The van der Waals surface area contributed by atoms with Gasteiger partial charge in [0.15, 0.2) is 5.78 Å². The smallest absolute Gasteiger partial charge is 0.253 e. The second-order valence-electron chi connectivity index (χ2n) is 5.87. The molecule has 2 rings (SSSR count). The number of carbonyl (C=O) groups is 2. The average Bonchev–Trinajstić information content (AvgIpc) is 2.53. The van der Waals surface area contributed by atoms with Crippen molar-refractivity contribution >= 4 is 24.1 Å². The summed E-state index contributed by atoms with van der Waals surface area (Å²) in [4.78, 5) is 26.0. The number of likely N-dealkylation sites (tertiary alicyclic amines) is 1. The molecule has 2 atom stereocenters. The lowest BCUT2D eigenvalue weighted by Crippen LogP contribution is -2.45. The van der Waals surface area contributed by atoms with Crippen LogP contribution in [0.2, 0.25) is 0 Å². The van der Waals surface area contributed by atoms with Gasteiger partial charge >= 0.3 is 0 Å². The molecule has 0 radical (unpaired) electrons. The maximum absolute atomic E-state index is 12.5. The predicted octanol–water partition coefficient (Wildman–Crippen LogP) is 2.90. The van der Waals surface area contributed by atoms with E-state index < -0.39 is 0 Å². The number of halogens is 1. The molecule has 4 nitrogen and oxygen atoms in total. The van der Waals surface area contributed by atoms with E-state index in [9.17, 15) is 9.59 Å². The van der Waals surface area contributed by atoms with Crippen LogP contribution in [0, 0.1) is 5.92 Å². The van der Waals surface area contributed by atoms with Gasteiger partial charge in [0.2, 0.25) is 0 Å². The van der Waals surface area contributed by atoms with Gasteiger partial charge in [-0.1, -0.05) is 19.1 Å². The summed E-state index contributed by atoms with van der Waals surface area (Å²) in [5.74, 6) is 0.517. The Balaban J connectivity index is 0.00000242. The highest BCUT2D eigenvalue weighted by atomic mass is 35.5. The number of ketones is 1. The fourth-order valence-corrected chi connectivity index (χ4v) is 2.81. The van der Waals surface area contributed by atoms with Crippen molar-refractivity contribution in [2.75, 3.05) is 13.1 Å². The first-order valence-electron chi connectivity index (χ1n) is 7.71. The fraction of sp³-hybridized carbons (Fsp3) is 0.529. The molecule has 0 spiro atoms. The molecule has 0 aliphatic carbocycles. The molecule has 1 aliphatic rings. The van der Waals surface area contributed by atoms with Crippen LogP contribution in [-0.2, 0) is 0 Å². The Morgan fingerprint density at radius 1 is 1.27 bits per heavy atom. The molecule has 1 saturated heterocycles. The van der Waals surface area contributed by atoms with Gasteiger partial charge in [-0.3, -0.25) is 9.59 Å². The SMILES string of the molecule is CCC(=O)c1ccc(C(=O)N2CCCC(C(C)N)C2)cc1.Cl. The average molecular weight is 325 g/mol. The van der Waals surface area contributed by atoms with Crippen molar-refractivity contribution in [2.24, 2.45) is 11.7 Å². The van der Waals surface area contributed by atoms with Crippen molar-refractivity contribution in [2.45, 2.75) is 39.2 Å². The second kappa shape index (κ2) is 8.30. The highest BCUT2D eigenvalue weighted by Crippen LogP contribution is 2.20. The van der Waals surface area contributed by atoms with Gasteiger partial charge in [0, 0.05) is 36.7 Å². The Morgan fingerprint density at radius 2 is 1.86 bits per heavy atom. The number of carbonyl (C=O) groups excluding carboxylic acids is 2. The van der Waals surface area contributed by atoms with Gasteiger partial charge in [-0.15, -0.1) is 12.4 Å². The highest BCUT2D eigenvalue weighted by Gasteiger charge is 2.26. The van der Waals surface area contributed by atoms with Crippen LogP contribution in [0.3, 0.4) is 0 Å². The number of hydrogen-bond acceptors (Lipinski definition) is 3. The van der Waals surface area contributed by atoms with Crippen LogP contribution < -0.4 is 5.73 Å². The molecule has 2 N–H and O–H groups in total. The quantitative estimate of drug-likeness (QED) is 0.866. The number of piperidine rings is 1. The molecular formula is C17H25ClN2O2. The third kappa shape index (κ3) is 4.31. The van der Waals surface area contributed by atoms with Gasteiger partial charge in [0.1, 0.15) is 0 Å². The summed E-state index contributed by atoms with van der Waals surface area (Å²) in [5.41, 5.74) is 7.28. The number of hydrogen-bond donors (Lipinski definition) is 1. The first kappa shape index (κ1) is 18.7. The lowest BCUT2D eigenvalue weighted by Gasteiger charge is -2.34. The van der Waals surface area contributed by atoms with Crippen LogP contribution in [0.5, 0.6) is 0 Å². The Kier molecular flexibility index (Phi) is 7.04. The number of benzene rings is 1. The summed E-state index contributed by atoms with van der Waals surface area (Å²) in [5, 5.41) is 0. The zero-order valence-corrected chi connectivity index (χ0v) is 14.1. The molecule has 1 amide bonds. The van der Waals surface area contributed by atoms with E-state index in [0.717, 1.165) is 25.9 Å². The molecular weight excluding hydrogens is 300 g/mol. The molecule has 2 unspecified atom stereocenters. The van der Waals surface area contributed by atoms with E-state index in [0.29, 0.717) is 23.5 Å². The van der Waals surface area contributed by atoms with Crippen molar-refractivity contribution in [1.29, 1.82) is 0 Å². The van der Waals surface area contributed by atoms with Crippen LogP contribution in [-0.4, -0.2) is 35.7 Å². The molecule has 1 aromatic carbocycles. The summed E-state index contributed by atoms with van der Waals surface area (Å²) in [6, 6.07) is 7.10. The van der Waals surface area contributed by atoms with Crippen molar-refractivity contribution < 1.29 is 9.59 Å². The minimum Gasteiger partial charge on any atom is -0.338 e. The molecule has 1 aromatic rings. The Hall–Kier alpha value is -1.39. The van der Waals surface area contributed by atoms with Crippen molar-refractivity contribution in [3.8, 4) is 0 Å². The summed E-state index contributed by atoms with van der Waals surface area (Å²) in [6.45, 7) is 5.36. The van der Waals surface area contributed by atoms with E-state index in [1.807, 2.05) is 18.7 Å². The summed E-state index contributed by atoms with van der Waals surface area (Å²) in [6.07, 6.45) is 2.57. The first-order chi connectivity index (χ1) is 10.0. The van der Waals surface area contributed by atoms with Gasteiger partial charge in [-0.25, -0.2) is 0 Å². The van der Waals surface area contributed by atoms with Crippen LogP contribution in [0.15, 0.2) is 24.3 Å². The molecule has 1 heterocycles. The van der Waals surface area contributed by atoms with Crippen LogP contribution in [0.25, 0.3) is 0 Å². The summed E-state index contributed by atoms with van der Waals surface area (Å²) >= 11 is 0. The second-order valence-corrected chi connectivity index (χ2v) is 5.87. The fourth-order valence-electron chi connectivity index (χ4n) is 2.81. The lowest BCUT2D eigenvalue weighted by atomic mass is 9.92. The van der Waals surface area contributed by atoms with E-state index in [1.54, 1.807) is 24.3 Å². The lowest BCUT2D eigenvalue weighted by molar-refractivity contribution is 0.0660. The zero-order chi connectivity index (χ0) is 15.4. The van der Waals surface area contributed by atoms with Crippen molar-refractivity contribution in [1.82, 2.24) is 4.90 Å². The minimum atomic E-state index is 0. The molecule has 22 heavy (non-hydrogen) atoms. The number of rotatable bonds is 4. The molecule has 0 saturated carbocycles. The van der Waals surface area contributed by atoms with E-state index in [4.69, 9.17) is 5.73 Å². The largest absolute Gasteiger partial charge is 0.338 e. The number of Topliss-reactive ketones (excluding diaryl/α,β-unsaturated/α-hetero) is 1.